The number of nitrogens with two attached hydrogens (primary N) is 1. The summed E-state index contributed by atoms with van der Waals surface area (Å²) in [5.41, 5.74) is 2.58. The van der Waals surface area contributed by atoms with Crippen molar-refractivity contribution in [1.82, 2.24) is 56.1 Å². The number of aromatic amines is 2. The Balaban J connectivity index is 1.07. The van der Waals surface area contributed by atoms with Gasteiger partial charge >= 0.3 is 0 Å². The Kier molecular flexibility index (Phi) is 10.0. The lowest BCUT2D eigenvalue weighted by Crippen LogP contribution is -2.56. The highest BCUT2D eigenvalue weighted by Crippen LogP contribution is 2.36. The molecule has 5 aromatic rings. The number of hydrazine groups is 1. The quantitative estimate of drug-likeness (QED) is 0.128. The van der Waals surface area contributed by atoms with Gasteiger partial charge in [-0.3, -0.25) is 9.91 Å². The van der Waals surface area contributed by atoms with Crippen LogP contribution in [0.3, 0.4) is 0 Å². The molecular weight excluding hydrogens is 643 g/mol. The smallest absolute Gasteiger partial charge is 0.206 e. The van der Waals surface area contributed by atoms with Crippen LogP contribution >= 0.6 is 0 Å². The largest absolute Gasteiger partial charge is 0.491 e. The maximum Gasteiger partial charge on any atom is 0.206 e. The molecule has 0 spiro atoms. The number of aromatic nitrogens is 10. The van der Waals surface area contributed by atoms with E-state index >= 15 is 0 Å². The minimum Gasteiger partial charge on any atom is -0.491 e. The van der Waals surface area contributed by atoms with E-state index in [0.717, 1.165) is 67.8 Å². The molecule has 2 atom stereocenters. The van der Waals surface area contributed by atoms with Gasteiger partial charge < -0.3 is 14.4 Å². The van der Waals surface area contributed by atoms with Crippen LogP contribution in [-0.4, -0.2) is 101 Å². The lowest BCUT2D eigenvalue weighted by Gasteiger charge is -2.48. The lowest BCUT2D eigenvalue weighted by molar-refractivity contribution is 0.148. The van der Waals surface area contributed by atoms with Crippen LogP contribution in [0.15, 0.2) is 48.8 Å². The average molecular weight is 685 g/mol. The highest BCUT2D eigenvalue weighted by Gasteiger charge is 2.38. The lowest BCUT2D eigenvalue weighted by atomic mass is 9.81. The number of ether oxygens (including phenoxy) is 2. The van der Waals surface area contributed by atoms with Crippen molar-refractivity contribution in [3.8, 4) is 34.3 Å². The van der Waals surface area contributed by atoms with Gasteiger partial charge in [0.1, 0.15) is 11.6 Å². The van der Waals surface area contributed by atoms with Gasteiger partial charge in [-0.2, -0.15) is 4.39 Å². The Labute approximate surface area is 288 Å². The van der Waals surface area contributed by atoms with Gasteiger partial charge in [0.05, 0.1) is 19.3 Å². The SMILES string of the molecule is CCOc1cc(CN2CCC(C3CC(N(N)c4ccc(-c5nnn[nH]5)cn4)CCN3c3ccc(-c4nnn[nH]4)cn3)CC2)cc(OCC)c1F. The van der Waals surface area contributed by atoms with Crippen molar-refractivity contribution in [2.24, 2.45) is 11.8 Å². The van der Waals surface area contributed by atoms with E-state index in [9.17, 15) is 4.39 Å². The van der Waals surface area contributed by atoms with Crippen molar-refractivity contribution in [2.75, 3.05) is 42.8 Å². The van der Waals surface area contributed by atoms with Gasteiger partial charge in [0, 0.05) is 42.7 Å². The summed E-state index contributed by atoms with van der Waals surface area (Å²) in [4.78, 5) is 14.4. The van der Waals surface area contributed by atoms with Crippen LogP contribution in [0, 0.1) is 11.7 Å². The summed E-state index contributed by atoms with van der Waals surface area (Å²) in [6.45, 7) is 7.75. The van der Waals surface area contributed by atoms with Crippen LogP contribution in [0.4, 0.5) is 16.0 Å². The molecule has 16 nitrogen and oxygen atoms in total. The zero-order chi connectivity index (χ0) is 34.5. The van der Waals surface area contributed by atoms with Crippen molar-refractivity contribution < 1.29 is 13.9 Å². The average Bonchev–Trinajstić information content (AvgIpc) is 3.90. The van der Waals surface area contributed by atoms with Gasteiger partial charge in [-0.1, -0.05) is 0 Å². The fourth-order valence-electron chi connectivity index (χ4n) is 7.08. The first-order valence-electron chi connectivity index (χ1n) is 17.0. The number of likely N-dealkylation sites (tertiary alicyclic amines) is 1. The molecule has 6 heterocycles. The summed E-state index contributed by atoms with van der Waals surface area (Å²) in [6.07, 6.45) is 7.21. The standard InChI is InChI=1S/C33H41FN14O2/c1-3-49-27-15-21(16-28(31(27)34)50-4-2)20-46-12-9-22(10-13-46)26-17-25(48(35)30-8-6-24(19-37-30)33-40-44-45-41-33)11-14-47(26)29-7-5-23(18-36-29)32-38-42-43-39-32/h5-8,15-16,18-19,22,25-26H,3-4,9-14,17,20,35H2,1-2H3,(H,38,39,42,43)(H,40,41,44,45). The summed E-state index contributed by atoms with van der Waals surface area (Å²) < 4.78 is 26.1. The van der Waals surface area contributed by atoms with Crippen molar-refractivity contribution in [1.29, 1.82) is 0 Å². The number of tetrazole rings is 2. The highest BCUT2D eigenvalue weighted by molar-refractivity contribution is 5.57. The third-order valence-electron chi connectivity index (χ3n) is 9.55. The normalized spacial score (nSPS) is 18.7. The van der Waals surface area contributed by atoms with E-state index in [1.54, 1.807) is 23.3 Å². The van der Waals surface area contributed by atoms with E-state index in [1.807, 2.05) is 44.3 Å². The Bertz CT molecular complexity index is 1770. The molecule has 2 fully saturated rings. The number of H-pyrrole nitrogens is 2. The summed E-state index contributed by atoms with van der Waals surface area (Å²) >= 11 is 0. The number of anilines is 2. The first-order chi connectivity index (χ1) is 24.5. The third kappa shape index (κ3) is 7.18. The maximum atomic E-state index is 14.9. The molecule has 2 unspecified atom stereocenters. The number of hydrogen-bond donors (Lipinski definition) is 3. The van der Waals surface area contributed by atoms with Crippen LogP contribution in [0.1, 0.15) is 45.1 Å². The number of benzene rings is 1. The van der Waals surface area contributed by atoms with E-state index in [0.29, 0.717) is 43.1 Å². The first kappa shape index (κ1) is 33.2. The molecule has 1 aromatic carbocycles. The number of rotatable bonds is 12. The molecule has 0 saturated carbocycles. The molecule has 0 bridgehead atoms. The fourth-order valence-corrected chi connectivity index (χ4v) is 7.08. The van der Waals surface area contributed by atoms with Crippen LogP contribution in [0.2, 0.25) is 0 Å². The molecule has 7 rings (SSSR count). The molecule has 2 saturated heterocycles. The monoisotopic (exact) mass is 684 g/mol. The fraction of sp³-hybridized carbons (Fsp3) is 0.455. The number of nitrogens with one attached hydrogen (secondary N) is 2. The number of piperidine rings is 2. The van der Waals surface area contributed by atoms with Gasteiger partial charge in [0.25, 0.3) is 0 Å². The molecule has 4 N–H and O–H groups in total. The molecule has 50 heavy (non-hydrogen) atoms. The van der Waals surface area contributed by atoms with Crippen molar-refractivity contribution in [3.05, 3.63) is 60.2 Å². The molecule has 2 aliphatic heterocycles. The van der Waals surface area contributed by atoms with E-state index in [-0.39, 0.29) is 23.6 Å². The zero-order valence-corrected chi connectivity index (χ0v) is 28.1. The Hall–Kier alpha value is -5.29. The maximum absolute atomic E-state index is 14.9. The zero-order valence-electron chi connectivity index (χ0n) is 28.1. The minimum atomic E-state index is -0.450. The molecule has 4 aromatic heterocycles. The molecule has 2 aliphatic rings. The Morgan fingerprint density at radius 2 is 1.50 bits per heavy atom. The van der Waals surface area contributed by atoms with Gasteiger partial charge in [0.15, 0.2) is 23.1 Å². The van der Waals surface area contributed by atoms with Crippen molar-refractivity contribution >= 4 is 11.6 Å². The van der Waals surface area contributed by atoms with Crippen LogP contribution in [-0.2, 0) is 6.54 Å². The van der Waals surface area contributed by atoms with E-state index < -0.39 is 5.82 Å². The number of pyridine rings is 2. The second-order valence-electron chi connectivity index (χ2n) is 12.5. The number of halogens is 1. The van der Waals surface area contributed by atoms with Gasteiger partial charge in [0.2, 0.25) is 5.82 Å². The Morgan fingerprint density at radius 1 is 0.860 bits per heavy atom. The van der Waals surface area contributed by atoms with Gasteiger partial charge in [-0.25, -0.2) is 26.0 Å². The van der Waals surface area contributed by atoms with E-state index in [4.69, 9.17) is 20.3 Å². The molecule has 0 radical (unpaired) electrons. The van der Waals surface area contributed by atoms with Crippen molar-refractivity contribution in [2.45, 2.75) is 58.2 Å². The van der Waals surface area contributed by atoms with Crippen LogP contribution < -0.4 is 25.2 Å². The number of nitrogens with zero attached hydrogens (tertiary/aromatic N) is 11. The molecule has 0 amide bonds. The molecule has 262 valence electrons. The summed E-state index contributed by atoms with van der Waals surface area (Å²) in [5.74, 6) is 9.93. The third-order valence-corrected chi connectivity index (χ3v) is 9.55. The topological polar surface area (TPSA) is 189 Å². The van der Waals surface area contributed by atoms with E-state index in [1.165, 1.54) is 0 Å². The summed E-state index contributed by atoms with van der Waals surface area (Å²) in [5, 5.41) is 30.0. The summed E-state index contributed by atoms with van der Waals surface area (Å²) in [7, 11) is 0. The van der Waals surface area contributed by atoms with Crippen molar-refractivity contribution in [3.63, 3.8) is 0 Å². The minimum absolute atomic E-state index is 0.0762. The Morgan fingerprint density at radius 3 is 2.04 bits per heavy atom. The molecular formula is C33H41FN14O2. The molecule has 0 aliphatic carbocycles. The van der Waals surface area contributed by atoms with Gasteiger partial charge in [-0.15, -0.1) is 10.2 Å². The highest BCUT2D eigenvalue weighted by atomic mass is 19.1. The van der Waals surface area contributed by atoms with Crippen LogP contribution in [0.5, 0.6) is 11.5 Å². The van der Waals surface area contributed by atoms with E-state index in [2.05, 4.69) is 56.0 Å². The second kappa shape index (κ2) is 15.1. The number of hydrogen-bond acceptors (Lipinski definition) is 14. The second-order valence-corrected chi connectivity index (χ2v) is 12.5. The first-order valence-corrected chi connectivity index (χ1v) is 17.0. The predicted molar refractivity (Wildman–Crippen MR) is 182 cm³/mol. The molecule has 17 heteroatoms. The predicted octanol–water partition coefficient (Wildman–Crippen LogP) is 3.40. The van der Waals surface area contributed by atoms with Gasteiger partial charge in [-0.05, 0) is 121 Å². The van der Waals surface area contributed by atoms with Crippen LogP contribution in [0.25, 0.3) is 22.8 Å². The summed E-state index contributed by atoms with van der Waals surface area (Å²) in [6, 6.07) is 11.7.